The van der Waals surface area contributed by atoms with E-state index in [1.165, 1.54) is 12.7 Å². The average Bonchev–Trinajstić information content (AvgIpc) is 3.15. The summed E-state index contributed by atoms with van der Waals surface area (Å²) < 4.78 is 10.9. The largest absolute Gasteiger partial charge is 0.493 e. The van der Waals surface area contributed by atoms with Crippen molar-refractivity contribution in [3.8, 4) is 17.6 Å². The summed E-state index contributed by atoms with van der Waals surface area (Å²) >= 11 is 0. The summed E-state index contributed by atoms with van der Waals surface area (Å²) in [5, 5.41) is 8.95. The number of nitrogens with zero attached hydrogens (tertiary/aromatic N) is 2. The number of carbonyl (C=O) groups is 1. The van der Waals surface area contributed by atoms with Crippen LogP contribution in [0.3, 0.4) is 0 Å². The average molecular weight is 350 g/mol. The first-order valence-corrected chi connectivity index (χ1v) is 8.75. The minimum atomic E-state index is -0.0342. The summed E-state index contributed by atoms with van der Waals surface area (Å²) in [7, 11) is 1.52. The van der Waals surface area contributed by atoms with Crippen molar-refractivity contribution in [2.45, 2.75) is 25.3 Å². The molecule has 5 heteroatoms. The van der Waals surface area contributed by atoms with Crippen LogP contribution in [0.25, 0.3) is 0 Å². The van der Waals surface area contributed by atoms with Gasteiger partial charge in [-0.15, -0.1) is 0 Å². The van der Waals surface area contributed by atoms with Gasteiger partial charge in [-0.05, 0) is 37.0 Å². The van der Waals surface area contributed by atoms with Gasteiger partial charge >= 0.3 is 0 Å². The van der Waals surface area contributed by atoms with Gasteiger partial charge in [0.1, 0.15) is 0 Å². The van der Waals surface area contributed by atoms with E-state index in [0.29, 0.717) is 17.1 Å². The smallest absolute Gasteiger partial charge is 0.260 e. The lowest BCUT2D eigenvalue weighted by Gasteiger charge is -2.25. The number of hydrogen-bond donors (Lipinski definition) is 0. The fraction of sp³-hybridized carbons (Fsp3) is 0.333. The highest BCUT2D eigenvalue weighted by Crippen LogP contribution is 2.28. The van der Waals surface area contributed by atoms with Crippen molar-refractivity contribution in [1.29, 1.82) is 5.26 Å². The maximum absolute atomic E-state index is 12.6. The van der Waals surface area contributed by atoms with E-state index in [9.17, 15) is 4.79 Å². The Labute approximate surface area is 153 Å². The topological polar surface area (TPSA) is 62.6 Å². The van der Waals surface area contributed by atoms with E-state index in [2.05, 4.69) is 18.2 Å². The number of benzene rings is 2. The zero-order chi connectivity index (χ0) is 18.4. The molecular weight excluding hydrogens is 328 g/mol. The summed E-state index contributed by atoms with van der Waals surface area (Å²) in [6.45, 7) is 0.734. The van der Waals surface area contributed by atoms with Crippen molar-refractivity contribution >= 4 is 5.91 Å². The predicted octanol–water partition coefficient (Wildman–Crippen LogP) is 3.18. The second kappa shape index (κ2) is 8.39. The van der Waals surface area contributed by atoms with Crippen LogP contribution in [0, 0.1) is 11.3 Å². The van der Waals surface area contributed by atoms with Crippen molar-refractivity contribution in [2.24, 2.45) is 0 Å². The third-order valence-electron chi connectivity index (χ3n) is 4.66. The molecule has 0 N–H and O–H groups in total. The standard InChI is InChI=1S/C21H22N2O3/c1-25-20-13-17(14-22)9-10-19(20)26-15-21(24)23-11-5-8-18(23)12-16-6-3-2-4-7-16/h2-4,6-7,9-10,13,18H,5,8,11-12,15H2,1H3/t18-/m0/s1. The fourth-order valence-corrected chi connectivity index (χ4v) is 3.34. The molecule has 134 valence electrons. The molecular formula is C21H22N2O3. The van der Waals surface area contributed by atoms with Gasteiger partial charge in [-0.2, -0.15) is 5.26 Å². The third-order valence-corrected chi connectivity index (χ3v) is 4.66. The Bertz CT molecular complexity index is 799. The molecule has 0 spiro atoms. The van der Waals surface area contributed by atoms with Gasteiger partial charge in [0.05, 0.1) is 18.7 Å². The Morgan fingerprint density at radius 2 is 2.04 bits per heavy atom. The van der Waals surface area contributed by atoms with E-state index in [1.807, 2.05) is 23.1 Å². The van der Waals surface area contributed by atoms with E-state index >= 15 is 0 Å². The molecule has 1 aliphatic rings. The van der Waals surface area contributed by atoms with Crippen LogP contribution in [0.4, 0.5) is 0 Å². The van der Waals surface area contributed by atoms with Crippen molar-refractivity contribution in [3.63, 3.8) is 0 Å². The molecule has 2 aromatic rings. The molecule has 0 aliphatic carbocycles. The van der Waals surface area contributed by atoms with Crippen LogP contribution in [-0.2, 0) is 11.2 Å². The molecule has 0 radical (unpaired) electrons. The zero-order valence-electron chi connectivity index (χ0n) is 14.9. The Kier molecular flexibility index (Phi) is 5.75. The first-order chi connectivity index (χ1) is 12.7. The van der Waals surface area contributed by atoms with E-state index in [4.69, 9.17) is 14.7 Å². The van der Waals surface area contributed by atoms with E-state index < -0.39 is 0 Å². The number of nitriles is 1. The van der Waals surface area contributed by atoms with Crippen LogP contribution < -0.4 is 9.47 Å². The van der Waals surface area contributed by atoms with Crippen LogP contribution in [0.1, 0.15) is 24.0 Å². The maximum Gasteiger partial charge on any atom is 0.260 e. The molecule has 0 unspecified atom stereocenters. The van der Waals surface area contributed by atoms with Gasteiger partial charge in [0.25, 0.3) is 5.91 Å². The van der Waals surface area contributed by atoms with Gasteiger partial charge in [0, 0.05) is 18.7 Å². The lowest BCUT2D eigenvalue weighted by molar-refractivity contribution is -0.134. The fourth-order valence-electron chi connectivity index (χ4n) is 3.34. The lowest BCUT2D eigenvalue weighted by atomic mass is 10.0. The first-order valence-electron chi connectivity index (χ1n) is 8.75. The van der Waals surface area contributed by atoms with Crippen LogP contribution >= 0.6 is 0 Å². The lowest BCUT2D eigenvalue weighted by Crippen LogP contribution is -2.39. The van der Waals surface area contributed by atoms with Gasteiger partial charge in [-0.25, -0.2) is 0 Å². The summed E-state index contributed by atoms with van der Waals surface area (Å²) in [4.78, 5) is 14.6. The minimum Gasteiger partial charge on any atom is -0.493 e. The third kappa shape index (κ3) is 4.15. The van der Waals surface area contributed by atoms with E-state index in [-0.39, 0.29) is 18.6 Å². The van der Waals surface area contributed by atoms with Gasteiger partial charge in [-0.1, -0.05) is 30.3 Å². The van der Waals surface area contributed by atoms with Gasteiger partial charge in [0.15, 0.2) is 18.1 Å². The van der Waals surface area contributed by atoms with Crippen LogP contribution in [-0.4, -0.2) is 37.1 Å². The monoisotopic (exact) mass is 350 g/mol. The minimum absolute atomic E-state index is 0.0187. The zero-order valence-corrected chi connectivity index (χ0v) is 14.9. The molecule has 0 aromatic heterocycles. The summed E-state index contributed by atoms with van der Waals surface area (Å²) in [5.41, 5.74) is 1.73. The van der Waals surface area contributed by atoms with Gasteiger partial charge in [0.2, 0.25) is 0 Å². The molecule has 3 rings (SSSR count). The maximum atomic E-state index is 12.6. The van der Waals surface area contributed by atoms with E-state index in [1.54, 1.807) is 18.2 Å². The normalized spacial score (nSPS) is 16.2. The molecule has 1 atom stereocenters. The van der Waals surface area contributed by atoms with Crippen LogP contribution in [0.15, 0.2) is 48.5 Å². The van der Waals surface area contributed by atoms with Crippen molar-refractivity contribution in [3.05, 3.63) is 59.7 Å². The molecule has 5 nitrogen and oxygen atoms in total. The molecule has 1 heterocycles. The highest BCUT2D eigenvalue weighted by molar-refractivity contribution is 5.78. The van der Waals surface area contributed by atoms with Crippen molar-refractivity contribution < 1.29 is 14.3 Å². The second-order valence-electron chi connectivity index (χ2n) is 6.34. The molecule has 0 bridgehead atoms. The Hall–Kier alpha value is -3.00. The highest BCUT2D eigenvalue weighted by Gasteiger charge is 2.29. The van der Waals surface area contributed by atoms with Crippen molar-refractivity contribution in [1.82, 2.24) is 4.90 Å². The quantitative estimate of drug-likeness (QED) is 0.803. The molecule has 1 aliphatic heterocycles. The summed E-state index contributed by atoms with van der Waals surface area (Å²) in [6, 6.07) is 17.4. The number of amides is 1. The Morgan fingerprint density at radius 3 is 2.77 bits per heavy atom. The number of ether oxygens (including phenoxy) is 2. The highest BCUT2D eigenvalue weighted by atomic mass is 16.5. The number of hydrogen-bond acceptors (Lipinski definition) is 4. The van der Waals surface area contributed by atoms with Gasteiger partial charge < -0.3 is 14.4 Å². The number of methoxy groups -OCH3 is 1. The molecule has 1 saturated heterocycles. The molecule has 2 aromatic carbocycles. The summed E-state index contributed by atoms with van der Waals surface area (Å²) in [5.74, 6) is 0.910. The predicted molar refractivity (Wildman–Crippen MR) is 98.1 cm³/mol. The van der Waals surface area contributed by atoms with Crippen LogP contribution in [0.5, 0.6) is 11.5 Å². The number of likely N-dealkylation sites (tertiary alicyclic amines) is 1. The summed E-state index contributed by atoms with van der Waals surface area (Å²) in [6.07, 6.45) is 2.90. The first kappa shape index (κ1) is 17.8. The van der Waals surface area contributed by atoms with Crippen molar-refractivity contribution in [2.75, 3.05) is 20.3 Å². The molecule has 0 saturated carbocycles. The molecule has 26 heavy (non-hydrogen) atoms. The molecule has 1 fully saturated rings. The SMILES string of the molecule is COc1cc(C#N)ccc1OCC(=O)N1CCC[C@H]1Cc1ccccc1. The molecule has 1 amide bonds. The van der Waals surface area contributed by atoms with Crippen LogP contribution in [0.2, 0.25) is 0 Å². The number of carbonyl (C=O) groups excluding carboxylic acids is 1. The number of rotatable bonds is 6. The Morgan fingerprint density at radius 1 is 1.23 bits per heavy atom. The van der Waals surface area contributed by atoms with E-state index in [0.717, 1.165) is 25.8 Å². The second-order valence-corrected chi connectivity index (χ2v) is 6.34. The Balaban J connectivity index is 1.62. The van der Waals surface area contributed by atoms with Gasteiger partial charge in [-0.3, -0.25) is 4.79 Å².